The maximum Gasteiger partial charge on any atom is 0.270 e. The van der Waals surface area contributed by atoms with E-state index in [2.05, 4.69) is 13.8 Å². The van der Waals surface area contributed by atoms with Crippen molar-refractivity contribution < 1.29 is 14.3 Å². The van der Waals surface area contributed by atoms with E-state index in [0.29, 0.717) is 18.7 Å². The second-order valence-corrected chi connectivity index (χ2v) is 6.67. The molecule has 0 aliphatic carbocycles. The number of hydrogen-bond acceptors (Lipinski definition) is 3. The molecule has 1 heterocycles. The van der Waals surface area contributed by atoms with Crippen LogP contribution < -0.4 is 9.64 Å². The number of ether oxygens (including phenoxy) is 1. The minimum absolute atomic E-state index is 0.105. The second-order valence-electron chi connectivity index (χ2n) is 6.67. The number of carbonyl (C=O) groups excluding carboxylic acids is 2. The number of benzene rings is 1. The first-order valence-electron chi connectivity index (χ1n) is 8.78. The Morgan fingerprint density at radius 3 is 2.42 bits per heavy atom. The molecule has 0 aromatic heterocycles. The van der Waals surface area contributed by atoms with Gasteiger partial charge in [-0.25, -0.2) is 0 Å². The normalized spacial score (nSPS) is 15.7. The lowest BCUT2D eigenvalue weighted by molar-refractivity contribution is -0.133. The van der Waals surface area contributed by atoms with Gasteiger partial charge >= 0.3 is 0 Å². The van der Waals surface area contributed by atoms with Gasteiger partial charge in [0, 0.05) is 26.1 Å². The lowest BCUT2D eigenvalue weighted by Gasteiger charge is -2.38. The molecule has 0 unspecified atom stereocenters. The standard InChI is InChI=1S/C19H28N2O3/c1-5-12-20(13-6-2)17(22)11-14-21-15-9-7-8-10-16(15)24-19(3,4)18(21)23/h7-10H,5-6,11-14H2,1-4H3. The van der Waals surface area contributed by atoms with Crippen LogP contribution in [0.15, 0.2) is 24.3 Å². The van der Waals surface area contributed by atoms with E-state index in [9.17, 15) is 9.59 Å². The lowest BCUT2D eigenvalue weighted by Crippen LogP contribution is -2.53. The number of hydrogen-bond donors (Lipinski definition) is 0. The van der Waals surface area contributed by atoms with Crippen LogP contribution in [-0.4, -0.2) is 41.9 Å². The van der Waals surface area contributed by atoms with Crippen molar-refractivity contribution in [3.05, 3.63) is 24.3 Å². The maximum atomic E-state index is 12.7. The number of fused-ring (bicyclic) bond motifs is 1. The van der Waals surface area contributed by atoms with Gasteiger partial charge in [0.1, 0.15) is 5.75 Å². The molecule has 1 aliphatic heterocycles. The van der Waals surface area contributed by atoms with Gasteiger partial charge in [0.15, 0.2) is 5.60 Å². The first kappa shape index (κ1) is 18.3. The SMILES string of the molecule is CCCN(CCC)C(=O)CCN1C(=O)C(C)(C)Oc2ccccc21. The quantitative estimate of drug-likeness (QED) is 0.770. The van der Waals surface area contributed by atoms with Gasteiger partial charge in [-0.15, -0.1) is 0 Å². The molecule has 0 saturated carbocycles. The van der Waals surface area contributed by atoms with Crippen molar-refractivity contribution in [2.75, 3.05) is 24.5 Å². The third-order valence-electron chi connectivity index (χ3n) is 4.17. The Morgan fingerprint density at radius 2 is 1.79 bits per heavy atom. The minimum atomic E-state index is -0.913. The van der Waals surface area contributed by atoms with Crippen molar-refractivity contribution in [2.24, 2.45) is 0 Å². The highest BCUT2D eigenvalue weighted by atomic mass is 16.5. The van der Waals surface area contributed by atoms with E-state index in [-0.39, 0.29) is 11.8 Å². The molecule has 0 atom stereocenters. The maximum absolute atomic E-state index is 12.7. The molecule has 0 N–H and O–H groups in total. The summed E-state index contributed by atoms with van der Waals surface area (Å²) >= 11 is 0. The molecule has 0 fully saturated rings. The molecular weight excluding hydrogens is 304 g/mol. The minimum Gasteiger partial charge on any atom is -0.476 e. The van der Waals surface area contributed by atoms with Gasteiger partial charge < -0.3 is 14.5 Å². The highest BCUT2D eigenvalue weighted by molar-refractivity contribution is 6.02. The van der Waals surface area contributed by atoms with Crippen molar-refractivity contribution >= 4 is 17.5 Å². The fraction of sp³-hybridized carbons (Fsp3) is 0.579. The van der Waals surface area contributed by atoms with Gasteiger partial charge in [-0.3, -0.25) is 9.59 Å². The third kappa shape index (κ3) is 3.89. The smallest absolute Gasteiger partial charge is 0.270 e. The molecule has 5 heteroatoms. The summed E-state index contributed by atoms with van der Waals surface area (Å²) in [6.07, 6.45) is 2.21. The Morgan fingerprint density at radius 1 is 1.17 bits per heavy atom. The van der Waals surface area contributed by atoms with Crippen LogP contribution in [0, 0.1) is 0 Å². The average Bonchev–Trinajstić information content (AvgIpc) is 2.54. The lowest BCUT2D eigenvalue weighted by atomic mass is 10.0. The monoisotopic (exact) mass is 332 g/mol. The van der Waals surface area contributed by atoms with E-state index in [4.69, 9.17) is 4.74 Å². The van der Waals surface area contributed by atoms with Gasteiger partial charge in [0.05, 0.1) is 5.69 Å². The van der Waals surface area contributed by atoms with Crippen molar-refractivity contribution in [1.29, 1.82) is 0 Å². The summed E-state index contributed by atoms with van der Waals surface area (Å²) < 4.78 is 5.81. The predicted octanol–water partition coefficient (Wildman–Crippen LogP) is 3.23. The van der Waals surface area contributed by atoms with Crippen LogP contribution in [0.3, 0.4) is 0 Å². The summed E-state index contributed by atoms with van der Waals surface area (Å²) in [6.45, 7) is 9.59. The van der Waals surface area contributed by atoms with Crippen molar-refractivity contribution in [3.8, 4) is 5.75 Å². The third-order valence-corrected chi connectivity index (χ3v) is 4.17. The summed E-state index contributed by atoms with van der Waals surface area (Å²) in [5.74, 6) is 0.688. The zero-order valence-corrected chi connectivity index (χ0v) is 15.2. The van der Waals surface area contributed by atoms with Crippen LogP contribution in [0.2, 0.25) is 0 Å². The topological polar surface area (TPSA) is 49.9 Å². The Hall–Kier alpha value is -2.04. The van der Waals surface area contributed by atoms with Gasteiger partial charge in [-0.1, -0.05) is 26.0 Å². The van der Waals surface area contributed by atoms with Crippen LogP contribution in [0.5, 0.6) is 5.75 Å². The van der Waals surface area contributed by atoms with Crippen molar-refractivity contribution in [1.82, 2.24) is 4.90 Å². The zero-order valence-electron chi connectivity index (χ0n) is 15.2. The van der Waals surface area contributed by atoms with Crippen LogP contribution in [0.25, 0.3) is 0 Å². The number of nitrogens with zero attached hydrogens (tertiary/aromatic N) is 2. The second kappa shape index (κ2) is 7.69. The van der Waals surface area contributed by atoms with Gasteiger partial charge in [-0.05, 0) is 38.8 Å². The Balaban J connectivity index is 2.13. The van der Waals surface area contributed by atoms with Gasteiger partial charge in [-0.2, -0.15) is 0 Å². The number of amides is 2. The zero-order chi connectivity index (χ0) is 17.7. The summed E-state index contributed by atoms with van der Waals surface area (Å²) in [4.78, 5) is 28.8. The molecule has 24 heavy (non-hydrogen) atoms. The molecule has 1 aromatic carbocycles. The van der Waals surface area contributed by atoms with E-state index in [0.717, 1.165) is 31.6 Å². The Bertz CT molecular complexity index is 592. The molecule has 0 spiro atoms. The number of carbonyl (C=O) groups is 2. The summed E-state index contributed by atoms with van der Waals surface area (Å²) in [5.41, 5.74) is -0.170. The molecule has 0 radical (unpaired) electrons. The first-order chi connectivity index (χ1) is 11.4. The highest BCUT2D eigenvalue weighted by Gasteiger charge is 2.40. The van der Waals surface area contributed by atoms with Crippen LogP contribution in [0.4, 0.5) is 5.69 Å². The van der Waals surface area contributed by atoms with Crippen molar-refractivity contribution in [2.45, 2.75) is 52.6 Å². The van der Waals surface area contributed by atoms with Crippen LogP contribution >= 0.6 is 0 Å². The largest absolute Gasteiger partial charge is 0.476 e. The van der Waals surface area contributed by atoms with E-state index in [1.54, 1.807) is 18.7 Å². The van der Waals surface area contributed by atoms with E-state index in [1.807, 2.05) is 29.2 Å². The average molecular weight is 332 g/mol. The Kier molecular flexibility index (Phi) is 5.86. The number of rotatable bonds is 7. The first-order valence-corrected chi connectivity index (χ1v) is 8.78. The van der Waals surface area contributed by atoms with E-state index >= 15 is 0 Å². The fourth-order valence-corrected chi connectivity index (χ4v) is 3.01. The molecule has 132 valence electrons. The van der Waals surface area contributed by atoms with E-state index in [1.165, 1.54) is 0 Å². The number of anilines is 1. The van der Waals surface area contributed by atoms with Crippen molar-refractivity contribution in [3.63, 3.8) is 0 Å². The molecule has 1 aliphatic rings. The summed E-state index contributed by atoms with van der Waals surface area (Å²) in [5, 5.41) is 0. The summed E-state index contributed by atoms with van der Waals surface area (Å²) in [6, 6.07) is 7.49. The predicted molar refractivity (Wildman–Crippen MR) is 95.3 cm³/mol. The molecule has 2 rings (SSSR count). The highest BCUT2D eigenvalue weighted by Crippen LogP contribution is 2.37. The molecule has 0 bridgehead atoms. The molecule has 2 amide bonds. The van der Waals surface area contributed by atoms with Crippen LogP contribution in [-0.2, 0) is 9.59 Å². The number of para-hydroxylation sites is 2. The molecule has 0 saturated heterocycles. The van der Waals surface area contributed by atoms with E-state index < -0.39 is 5.60 Å². The summed E-state index contributed by atoms with van der Waals surface area (Å²) in [7, 11) is 0. The fourth-order valence-electron chi connectivity index (χ4n) is 3.01. The van der Waals surface area contributed by atoms with Gasteiger partial charge in [0.25, 0.3) is 5.91 Å². The van der Waals surface area contributed by atoms with Gasteiger partial charge in [0.2, 0.25) is 5.91 Å². The van der Waals surface area contributed by atoms with Crippen LogP contribution in [0.1, 0.15) is 47.0 Å². The molecular formula is C19H28N2O3. The molecule has 1 aromatic rings. The Labute approximate surface area is 144 Å². The molecule has 5 nitrogen and oxygen atoms in total.